The van der Waals surface area contributed by atoms with Crippen molar-refractivity contribution in [2.45, 2.75) is 32.7 Å². The molecule has 2 rings (SSSR count). The Morgan fingerprint density at radius 3 is 2.67 bits per heavy atom. The first-order chi connectivity index (χ1) is 9.81. The van der Waals surface area contributed by atoms with Crippen molar-refractivity contribution in [3.8, 4) is 0 Å². The smallest absolute Gasteiger partial charge is 0.304 e. The standard InChI is InChI=1S/C13H17N3O4S/c1-7-3-4-9(12(14)18)6-15(7)13-10(16(19)20)5-11(21-13)8(2)17/h5,7,9H,3-4,6H2,1-2H3,(H2,14,18). The number of anilines is 1. The number of amides is 1. The molecule has 2 N–H and O–H groups in total. The molecule has 0 spiro atoms. The maximum absolute atomic E-state index is 11.5. The number of piperidine rings is 1. The number of thiophene rings is 1. The first kappa shape index (κ1) is 15.4. The molecule has 2 atom stereocenters. The van der Waals surface area contributed by atoms with Crippen LogP contribution < -0.4 is 10.6 Å². The van der Waals surface area contributed by atoms with E-state index < -0.39 is 10.8 Å². The van der Waals surface area contributed by atoms with Crippen LogP contribution in [-0.2, 0) is 4.79 Å². The number of hydrogen-bond donors (Lipinski definition) is 1. The molecule has 0 aliphatic carbocycles. The predicted molar refractivity (Wildman–Crippen MR) is 79.7 cm³/mol. The van der Waals surface area contributed by atoms with Crippen LogP contribution in [0.4, 0.5) is 10.7 Å². The number of carbonyl (C=O) groups excluding carboxylic acids is 2. The quantitative estimate of drug-likeness (QED) is 0.519. The van der Waals surface area contributed by atoms with E-state index in [1.807, 2.05) is 11.8 Å². The topological polar surface area (TPSA) is 107 Å². The van der Waals surface area contributed by atoms with Gasteiger partial charge in [-0.1, -0.05) is 0 Å². The molecule has 1 fully saturated rings. The van der Waals surface area contributed by atoms with Crippen molar-refractivity contribution in [1.82, 2.24) is 0 Å². The summed E-state index contributed by atoms with van der Waals surface area (Å²) in [6, 6.07) is 1.38. The van der Waals surface area contributed by atoms with Gasteiger partial charge in [0.15, 0.2) is 10.8 Å². The van der Waals surface area contributed by atoms with E-state index in [1.54, 1.807) is 0 Å². The molecule has 1 amide bonds. The fourth-order valence-corrected chi connectivity index (χ4v) is 3.64. The van der Waals surface area contributed by atoms with Gasteiger partial charge in [-0.2, -0.15) is 0 Å². The van der Waals surface area contributed by atoms with Gasteiger partial charge >= 0.3 is 5.69 Å². The predicted octanol–water partition coefficient (Wildman–Crippen LogP) is 1.95. The van der Waals surface area contributed by atoms with E-state index in [9.17, 15) is 19.7 Å². The summed E-state index contributed by atoms with van der Waals surface area (Å²) in [5, 5.41) is 11.6. The summed E-state index contributed by atoms with van der Waals surface area (Å²) >= 11 is 1.10. The Morgan fingerprint density at radius 2 is 2.14 bits per heavy atom. The number of rotatable bonds is 4. The Bertz CT molecular complexity index is 598. The molecule has 7 nitrogen and oxygen atoms in total. The minimum atomic E-state index is -0.487. The van der Waals surface area contributed by atoms with Gasteiger partial charge in [0.2, 0.25) is 5.91 Å². The third-order valence-electron chi connectivity index (χ3n) is 3.78. The summed E-state index contributed by atoms with van der Waals surface area (Å²) in [6.07, 6.45) is 1.42. The van der Waals surface area contributed by atoms with Gasteiger partial charge in [0.1, 0.15) is 0 Å². The zero-order valence-electron chi connectivity index (χ0n) is 11.9. The highest BCUT2D eigenvalue weighted by atomic mass is 32.1. The number of nitrogens with zero attached hydrogens (tertiary/aromatic N) is 2. The Kier molecular flexibility index (Phi) is 4.26. The molecule has 0 saturated carbocycles. The number of Topliss-reactive ketones (excluding diaryl/α,β-unsaturated/α-hetero) is 1. The van der Waals surface area contributed by atoms with E-state index in [-0.39, 0.29) is 23.4 Å². The fourth-order valence-electron chi connectivity index (χ4n) is 2.50. The third kappa shape index (κ3) is 3.05. The van der Waals surface area contributed by atoms with Crippen LogP contribution in [0, 0.1) is 16.0 Å². The molecular formula is C13H17N3O4S. The van der Waals surface area contributed by atoms with Gasteiger partial charge in [-0.05, 0) is 26.7 Å². The number of primary amides is 1. The highest BCUT2D eigenvalue weighted by Crippen LogP contribution is 2.41. The summed E-state index contributed by atoms with van der Waals surface area (Å²) in [6.45, 7) is 3.69. The van der Waals surface area contributed by atoms with Crippen molar-refractivity contribution in [2.24, 2.45) is 11.7 Å². The van der Waals surface area contributed by atoms with Gasteiger partial charge in [-0.3, -0.25) is 19.7 Å². The van der Waals surface area contributed by atoms with Crippen LogP contribution in [-0.4, -0.2) is 29.2 Å². The van der Waals surface area contributed by atoms with Crippen LogP contribution in [0.5, 0.6) is 0 Å². The van der Waals surface area contributed by atoms with Gasteiger partial charge in [0.05, 0.1) is 15.7 Å². The summed E-state index contributed by atoms with van der Waals surface area (Å²) in [5.74, 6) is -0.910. The first-order valence-corrected chi connectivity index (χ1v) is 7.48. The first-order valence-electron chi connectivity index (χ1n) is 6.66. The van der Waals surface area contributed by atoms with Gasteiger partial charge in [0, 0.05) is 18.7 Å². The second-order valence-corrected chi connectivity index (χ2v) is 6.32. The van der Waals surface area contributed by atoms with Crippen LogP contribution in [0.25, 0.3) is 0 Å². The molecule has 1 aromatic rings. The molecule has 21 heavy (non-hydrogen) atoms. The SMILES string of the molecule is CC(=O)c1cc([N+](=O)[O-])c(N2CC(C(N)=O)CCC2C)s1. The third-order valence-corrected chi connectivity index (χ3v) is 5.04. The van der Waals surface area contributed by atoms with Gasteiger partial charge in [0.25, 0.3) is 0 Å². The molecule has 1 aromatic heterocycles. The summed E-state index contributed by atoms with van der Waals surface area (Å²) in [4.78, 5) is 35.7. The number of ketones is 1. The lowest BCUT2D eigenvalue weighted by molar-refractivity contribution is -0.383. The van der Waals surface area contributed by atoms with Crippen molar-refractivity contribution < 1.29 is 14.5 Å². The summed E-state index contributed by atoms with van der Waals surface area (Å²) in [5.41, 5.74) is 5.27. The normalized spacial score (nSPS) is 22.1. The molecule has 1 aliphatic heterocycles. The van der Waals surface area contributed by atoms with Crippen LogP contribution in [0.15, 0.2) is 6.07 Å². The van der Waals surface area contributed by atoms with E-state index in [4.69, 9.17) is 5.73 Å². The van der Waals surface area contributed by atoms with E-state index in [2.05, 4.69) is 0 Å². The van der Waals surface area contributed by atoms with Crippen LogP contribution in [0.3, 0.4) is 0 Å². The van der Waals surface area contributed by atoms with Gasteiger partial charge < -0.3 is 10.6 Å². The highest BCUT2D eigenvalue weighted by Gasteiger charge is 2.34. The monoisotopic (exact) mass is 311 g/mol. The van der Waals surface area contributed by atoms with E-state index >= 15 is 0 Å². The zero-order valence-corrected chi connectivity index (χ0v) is 12.7. The molecule has 0 bridgehead atoms. The lowest BCUT2D eigenvalue weighted by Crippen LogP contribution is -2.45. The number of carbonyl (C=O) groups is 2. The lowest BCUT2D eigenvalue weighted by Gasteiger charge is -2.37. The van der Waals surface area contributed by atoms with Crippen molar-refractivity contribution in [3.05, 3.63) is 21.1 Å². The second kappa shape index (κ2) is 5.80. The summed E-state index contributed by atoms with van der Waals surface area (Å²) < 4.78 is 0. The number of nitrogens with two attached hydrogens (primary N) is 1. The van der Waals surface area contributed by atoms with Crippen molar-refractivity contribution in [2.75, 3.05) is 11.4 Å². The van der Waals surface area contributed by atoms with Crippen molar-refractivity contribution in [3.63, 3.8) is 0 Å². The minimum absolute atomic E-state index is 0.0674. The molecule has 1 aliphatic rings. The Morgan fingerprint density at radius 1 is 1.48 bits per heavy atom. The molecule has 1 saturated heterocycles. The zero-order chi connectivity index (χ0) is 15.7. The second-order valence-electron chi connectivity index (χ2n) is 5.29. The molecule has 8 heteroatoms. The fraction of sp³-hybridized carbons (Fsp3) is 0.538. The maximum Gasteiger partial charge on any atom is 0.304 e. The van der Waals surface area contributed by atoms with Crippen molar-refractivity contribution in [1.29, 1.82) is 0 Å². The Hall–Kier alpha value is -1.96. The number of hydrogen-bond acceptors (Lipinski definition) is 6. The maximum atomic E-state index is 11.5. The highest BCUT2D eigenvalue weighted by molar-refractivity contribution is 7.18. The largest absolute Gasteiger partial charge is 0.369 e. The van der Waals surface area contributed by atoms with Crippen LogP contribution in [0.1, 0.15) is 36.4 Å². The molecule has 2 heterocycles. The van der Waals surface area contributed by atoms with Crippen LogP contribution >= 0.6 is 11.3 Å². The van der Waals surface area contributed by atoms with Gasteiger partial charge in [-0.15, -0.1) is 11.3 Å². The molecule has 2 unspecified atom stereocenters. The Balaban J connectivity index is 2.40. The van der Waals surface area contributed by atoms with E-state index in [1.165, 1.54) is 13.0 Å². The average molecular weight is 311 g/mol. The Labute approximate surface area is 125 Å². The van der Waals surface area contributed by atoms with Crippen LogP contribution in [0.2, 0.25) is 0 Å². The molecule has 0 aromatic carbocycles. The lowest BCUT2D eigenvalue weighted by atomic mass is 9.93. The number of nitro groups is 1. The average Bonchev–Trinajstić information content (AvgIpc) is 2.84. The van der Waals surface area contributed by atoms with Gasteiger partial charge in [-0.25, -0.2) is 0 Å². The minimum Gasteiger partial charge on any atom is -0.369 e. The molecule has 0 radical (unpaired) electrons. The van der Waals surface area contributed by atoms with Crippen molar-refractivity contribution >= 4 is 33.7 Å². The van der Waals surface area contributed by atoms with E-state index in [0.29, 0.717) is 22.8 Å². The molecular weight excluding hydrogens is 294 g/mol. The van der Waals surface area contributed by atoms with E-state index in [0.717, 1.165) is 17.8 Å². The molecule has 114 valence electrons. The summed E-state index contributed by atoms with van der Waals surface area (Å²) in [7, 11) is 0.